The monoisotopic (exact) mass is 356 g/mol. The van der Waals surface area contributed by atoms with Crippen LogP contribution < -0.4 is 4.74 Å². The van der Waals surface area contributed by atoms with Crippen molar-refractivity contribution in [1.82, 2.24) is 19.7 Å². The van der Waals surface area contributed by atoms with Gasteiger partial charge in [0.05, 0.1) is 20.3 Å². The van der Waals surface area contributed by atoms with Gasteiger partial charge in [0.15, 0.2) is 0 Å². The fraction of sp³-hybridized carbons (Fsp3) is 0.429. The van der Waals surface area contributed by atoms with Crippen molar-refractivity contribution in [3.05, 3.63) is 27.7 Å². The molecule has 24 heavy (non-hydrogen) atoms. The lowest BCUT2D eigenvalue weighted by atomic mass is 10.3. The summed E-state index contributed by atoms with van der Waals surface area (Å²) in [5.74, 6) is -0.259. The Balaban J connectivity index is 0.000000891. The van der Waals surface area contributed by atoms with Gasteiger partial charge >= 0.3 is 6.01 Å². The quantitative estimate of drug-likeness (QED) is 0.725. The molecule has 132 valence electrons. The molecule has 0 aliphatic heterocycles. The van der Waals surface area contributed by atoms with Crippen molar-refractivity contribution in [3.8, 4) is 6.01 Å². The maximum atomic E-state index is 12.5. The number of carbonyl (C=O) groups is 2. The van der Waals surface area contributed by atoms with Crippen LogP contribution in [-0.4, -0.2) is 62.5 Å². The molecule has 0 spiro atoms. The molecule has 10 heteroatoms. The highest BCUT2D eigenvalue weighted by Gasteiger charge is 2.22. The lowest BCUT2D eigenvalue weighted by Gasteiger charge is -2.19. The van der Waals surface area contributed by atoms with Crippen molar-refractivity contribution < 1.29 is 24.5 Å². The summed E-state index contributed by atoms with van der Waals surface area (Å²) in [5, 5.41) is 20.1. The van der Waals surface area contributed by atoms with E-state index in [2.05, 4.69) is 10.1 Å². The number of carboxylic acid groups (broad SMARTS) is 1. The standard InChI is InChI=1S/C13H18N4O3S.CH2O2/c1-9-4-5-10(21-9)8-17(6-7-18)12(19)11-14-13(20-3)16(2)15-11;2-1-3/h4-5,18H,6-8H2,1-3H3;1H,(H,2,3). The molecule has 0 radical (unpaired) electrons. The smallest absolute Gasteiger partial charge is 0.314 e. The second-order valence-electron chi connectivity index (χ2n) is 4.61. The number of methoxy groups -OCH3 is 1. The van der Waals surface area contributed by atoms with Gasteiger partial charge in [-0.15, -0.1) is 16.4 Å². The Morgan fingerprint density at radius 3 is 2.62 bits per heavy atom. The Hall–Kier alpha value is -2.46. The molecule has 0 aliphatic rings. The van der Waals surface area contributed by atoms with E-state index in [-0.39, 0.29) is 37.4 Å². The number of aryl methyl sites for hydroxylation is 2. The Kier molecular flexibility index (Phi) is 7.86. The molecule has 2 aromatic rings. The van der Waals surface area contributed by atoms with E-state index in [4.69, 9.17) is 19.7 Å². The summed E-state index contributed by atoms with van der Waals surface area (Å²) in [5.41, 5.74) is 0. The van der Waals surface area contributed by atoms with Gasteiger partial charge in [-0.3, -0.25) is 9.59 Å². The molecule has 9 nitrogen and oxygen atoms in total. The third kappa shape index (κ3) is 5.32. The van der Waals surface area contributed by atoms with Gasteiger partial charge in [-0.1, -0.05) is 0 Å². The minimum absolute atomic E-state index is 0.0658. The highest BCUT2D eigenvalue weighted by Crippen LogP contribution is 2.18. The lowest BCUT2D eigenvalue weighted by Crippen LogP contribution is -2.33. The minimum Gasteiger partial charge on any atom is -0.483 e. The van der Waals surface area contributed by atoms with Gasteiger partial charge < -0.3 is 19.8 Å². The van der Waals surface area contributed by atoms with Gasteiger partial charge in [0, 0.05) is 23.3 Å². The molecule has 0 aromatic carbocycles. The summed E-state index contributed by atoms with van der Waals surface area (Å²) in [4.78, 5) is 28.6. The number of aromatic nitrogens is 3. The van der Waals surface area contributed by atoms with Crippen LogP contribution in [0.2, 0.25) is 0 Å². The van der Waals surface area contributed by atoms with Crippen LogP contribution >= 0.6 is 11.3 Å². The van der Waals surface area contributed by atoms with Crippen LogP contribution in [0.3, 0.4) is 0 Å². The molecule has 2 aromatic heterocycles. The van der Waals surface area contributed by atoms with Crippen LogP contribution in [0.25, 0.3) is 0 Å². The molecule has 0 atom stereocenters. The van der Waals surface area contributed by atoms with E-state index in [1.54, 1.807) is 18.4 Å². The third-order valence-electron chi connectivity index (χ3n) is 2.90. The van der Waals surface area contributed by atoms with Crippen molar-refractivity contribution >= 4 is 23.7 Å². The van der Waals surface area contributed by atoms with Crippen LogP contribution in [-0.2, 0) is 18.4 Å². The summed E-state index contributed by atoms with van der Waals surface area (Å²) in [7, 11) is 3.12. The number of nitrogens with zero attached hydrogens (tertiary/aromatic N) is 4. The molecule has 2 heterocycles. The molecule has 0 aliphatic carbocycles. The number of carbonyl (C=O) groups excluding carboxylic acids is 1. The molecule has 0 bridgehead atoms. The van der Waals surface area contributed by atoms with Crippen molar-refractivity contribution in [2.24, 2.45) is 7.05 Å². The topological polar surface area (TPSA) is 118 Å². The summed E-state index contributed by atoms with van der Waals surface area (Å²) in [6.45, 7) is 2.31. The zero-order chi connectivity index (χ0) is 18.1. The first kappa shape index (κ1) is 19.6. The Morgan fingerprint density at radius 1 is 1.50 bits per heavy atom. The zero-order valence-corrected chi connectivity index (χ0v) is 14.5. The second kappa shape index (κ2) is 9.63. The SMILES string of the molecule is COc1nc(C(=O)N(CCO)Cc2ccc(C)s2)nn1C.O=CO. The van der Waals surface area contributed by atoms with Crippen molar-refractivity contribution in [1.29, 1.82) is 0 Å². The van der Waals surface area contributed by atoms with E-state index >= 15 is 0 Å². The summed E-state index contributed by atoms with van der Waals surface area (Å²) in [6, 6.07) is 4.25. The number of hydrogen-bond donors (Lipinski definition) is 2. The Labute approximate surface area is 143 Å². The molecule has 0 saturated heterocycles. The molecule has 0 saturated carbocycles. The molecule has 0 unspecified atom stereocenters. The van der Waals surface area contributed by atoms with Gasteiger partial charge in [0.1, 0.15) is 0 Å². The predicted molar refractivity (Wildman–Crippen MR) is 87.1 cm³/mol. The first-order chi connectivity index (χ1) is 11.5. The fourth-order valence-electron chi connectivity index (χ4n) is 1.91. The fourth-order valence-corrected chi connectivity index (χ4v) is 2.82. The molecule has 2 rings (SSSR count). The Morgan fingerprint density at radius 2 is 2.17 bits per heavy atom. The summed E-state index contributed by atoms with van der Waals surface area (Å²) >= 11 is 1.62. The first-order valence-corrected chi connectivity index (χ1v) is 7.76. The van der Waals surface area contributed by atoms with Gasteiger partial charge in [0.2, 0.25) is 5.82 Å². The summed E-state index contributed by atoms with van der Waals surface area (Å²) in [6.07, 6.45) is 0. The van der Waals surface area contributed by atoms with Gasteiger partial charge in [-0.2, -0.15) is 4.98 Å². The number of aliphatic hydroxyl groups excluding tert-OH is 1. The number of rotatable bonds is 6. The molecule has 0 fully saturated rings. The maximum absolute atomic E-state index is 12.5. The van der Waals surface area contributed by atoms with Crippen LogP contribution in [0.15, 0.2) is 12.1 Å². The van der Waals surface area contributed by atoms with Crippen LogP contribution in [0.5, 0.6) is 6.01 Å². The predicted octanol–water partition coefficient (Wildman–Crippen LogP) is 0.529. The zero-order valence-electron chi connectivity index (χ0n) is 13.7. The number of aliphatic hydroxyl groups is 1. The summed E-state index contributed by atoms with van der Waals surface area (Å²) < 4.78 is 6.41. The number of hydrogen-bond acceptors (Lipinski definition) is 7. The number of thiophene rings is 1. The third-order valence-corrected chi connectivity index (χ3v) is 3.88. The second-order valence-corrected chi connectivity index (χ2v) is 5.99. The minimum atomic E-state index is -0.325. The van der Waals surface area contributed by atoms with Crippen LogP contribution in [0.4, 0.5) is 0 Å². The molecular formula is C14H20N4O5S. The molecule has 2 N–H and O–H groups in total. The molecular weight excluding hydrogens is 336 g/mol. The van der Waals surface area contributed by atoms with Gasteiger partial charge in [-0.25, -0.2) is 4.68 Å². The lowest BCUT2D eigenvalue weighted by molar-refractivity contribution is -0.122. The van der Waals surface area contributed by atoms with E-state index in [9.17, 15) is 4.79 Å². The van der Waals surface area contributed by atoms with E-state index in [1.807, 2.05) is 19.1 Å². The number of amides is 1. The number of ether oxygens (including phenoxy) is 1. The average molecular weight is 356 g/mol. The Bertz CT molecular complexity index is 670. The average Bonchev–Trinajstić information content (AvgIpc) is 3.12. The van der Waals surface area contributed by atoms with Gasteiger partial charge in [-0.05, 0) is 19.1 Å². The van der Waals surface area contributed by atoms with E-state index in [0.717, 1.165) is 4.88 Å². The first-order valence-electron chi connectivity index (χ1n) is 6.95. The van der Waals surface area contributed by atoms with E-state index < -0.39 is 0 Å². The van der Waals surface area contributed by atoms with E-state index in [1.165, 1.54) is 21.6 Å². The highest BCUT2D eigenvalue weighted by molar-refractivity contribution is 7.11. The van der Waals surface area contributed by atoms with Crippen LogP contribution in [0.1, 0.15) is 20.4 Å². The van der Waals surface area contributed by atoms with Crippen molar-refractivity contribution in [2.75, 3.05) is 20.3 Å². The largest absolute Gasteiger partial charge is 0.483 e. The van der Waals surface area contributed by atoms with Crippen LogP contribution in [0, 0.1) is 6.92 Å². The van der Waals surface area contributed by atoms with E-state index in [0.29, 0.717) is 6.54 Å². The maximum Gasteiger partial charge on any atom is 0.314 e. The van der Waals surface area contributed by atoms with Gasteiger partial charge in [0.25, 0.3) is 12.4 Å². The normalized spacial score (nSPS) is 9.83. The molecule has 1 amide bonds. The highest BCUT2D eigenvalue weighted by atomic mass is 32.1. The van der Waals surface area contributed by atoms with Crippen molar-refractivity contribution in [3.63, 3.8) is 0 Å². The van der Waals surface area contributed by atoms with Crippen molar-refractivity contribution in [2.45, 2.75) is 13.5 Å².